The van der Waals surface area contributed by atoms with Gasteiger partial charge in [-0.05, 0) is 45.5 Å². The lowest BCUT2D eigenvalue weighted by Crippen LogP contribution is -2.42. The molecule has 0 aliphatic carbocycles. The van der Waals surface area contributed by atoms with Crippen molar-refractivity contribution in [2.75, 3.05) is 14.2 Å². The predicted molar refractivity (Wildman–Crippen MR) is 133 cm³/mol. The molecule has 9 heteroatoms. The Labute approximate surface area is 207 Å². The van der Waals surface area contributed by atoms with Gasteiger partial charge in [0.1, 0.15) is 17.9 Å². The Morgan fingerprint density at radius 3 is 2.20 bits per heavy atom. The lowest BCUT2D eigenvalue weighted by Gasteiger charge is -2.29. The molecule has 0 unspecified atom stereocenters. The maximum Gasteiger partial charge on any atom is 0.328 e. The molecule has 0 radical (unpaired) electrons. The van der Waals surface area contributed by atoms with Crippen molar-refractivity contribution in [3.8, 4) is 5.75 Å². The molecule has 9 nitrogen and oxygen atoms in total. The van der Waals surface area contributed by atoms with E-state index in [-0.39, 0.29) is 29.1 Å². The molecule has 3 atom stereocenters. The first-order chi connectivity index (χ1) is 16.5. The van der Waals surface area contributed by atoms with Crippen LogP contribution in [0.25, 0.3) is 0 Å². The molecule has 192 valence electrons. The maximum absolute atomic E-state index is 12.9. The van der Waals surface area contributed by atoms with E-state index >= 15 is 0 Å². The van der Waals surface area contributed by atoms with E-state index in [4.69, 9.17) is 18.9 Å². The summed E-state index contributed by atoms with van der Waals surface area (Å²) in [5, 5.41) is 2.52. The Kier molecular flexibility index (Phi) is 11.7. The lowest BCUT2D eigenvalue weighted by molar-refractivity contribution is -0.153. The summed E-state index contributed by atoms with van der Waals surface area (Å²) in [4.78, 5) is 41.0. The normalized spacial score (nSPS) is 14.7. The number of benzene rings is 1. The molecule has 0 aliphatic heterocycles. The molecule has 1 amide bonds. The van der Waals surface area contributed by atoms with Crippen LogP contribution in [0.1, 0.15) is 53.0 Å². The minimum absolute atomic E-state index is 0.109. The van der Waals surface area contributed by atoms with Crippen LogP contribution in [0.2, 0.25) is 0 Å². The summed E-state index contributed by atoms with van der Waals surface area (Å²) < 4.78 is 21.5. The van der Waals surface area contributed by atoms with Gasteiger partial charge in [0.2, 0.25) is 5.76 Å². The fourth-order valence-corrected chi connectivity index (χ4v) is 3.73. The maximum atomic E-state index is 12.9. The van der Waals surface area contributed by atoms with Crippen molar-refractivity contribution in [3.63, 3.8) is 0 Å². The largest absolute Gasteiger partial charge is 0.496 e. The van der Waals surface area contributed by atoms with Crippen molar-refractivity contribution in [1.82, 2.24) is 5.32 Å². The van der Waals surface area contributed by atoms with Gasteiger partial charge >= 0.3 is 11.9 Å². The smallest absolute Gasteiger partial charge is 0.328 e. The molecule has 0 aromatic heterocycles. The van der Waals surface area contributed by atoms with Crippen LogP contribution in [0.3, 0.4) is 0 Å². The van der Waals surface area contributed by atoms with E-state index in [1.54, 1.807) is 21.0 Å². The summed E-state index contributed by atoms with van der Waals surface area (Å²) in [5.41, 5.74) is 0.615. The van der Waals surface area contributed by atoms with Gasteiger partial charge in [-0.25, -0.2) is 4.79 Å². The van der Waals surface area contributed by atoms with E-state index in [2.05, 4.69) is 17.0 Å². The molecular formula is C26H36N2O7. The van der Waals surface area contributed by atoms with Crippen molar-refractivity contribution in [2.45, 2.75) is 59.6 Å². The number of para-hydroxylation sites is 1. The van der Waals surface area contributed by atoms with Crippen LogP contribution < -0.4 is 10.1 Å². The molecule has 0 saturated heterocycles. The van der Waals surface area contributed by atoms with Gasteiger partial charge in [-0.2, -0.15) is 0 Å². The minimum atomic E-state index is -1.03. The van der Waals surface area contributed by atoms with E-state index in [0.29, 0.717) is 5.75 Å². The second kappa shape index (κ2) is 13.9. The van der Waals surface area contributed by atoms with E-state index in [0.717, 1.165) is 5.56 Å². The first-order valence-electron chi connectivity index (χ1n) is 11.3. The molecule has 1 aromatic rings. The molecular weight excluding hydrogens is 452 g/mol. The van der Waals surface area contributed by atoms with Crippen LogP contribution in [0.4, 0.5) is 0 Å². The molecule has 0 spiro atoms. The fourth-order valence-electron chi connectivity index (χ4n) is 3.73. The van der Waals surface area contributed by atoms with Crippen molar-refractivity contribution in [1.29, 1.82) is 0 Å². The Hall–Kier alpha value is -3.62. The average molecular weight is 489 g/mol. The van der Waals surface area contributed by atoms with Crippen LogP contribution in [0, 0.1) is 5.92 Å². The number of amides is 1. The zero-order valence-corrected chi connectivity index (χ0v) is 21.7. The number of rotatable bonds is 12. The van der Waals surface area contributed by atoms with Gasteiger partial charge in [0, 0.05) is 18.4 Å². The summed E-state index contributed by atoms with van der Waals surface area (Å²) in [6.45, 7) is 13.5. The zero-order valence-electron chi connectivity index (χ0n) is 21.7. The molecule has 1 rings (SSSR count). The van der Waals surface area contributed by atoms with Gasteiger partial charge in [-0.15, -0.1) is 0 Å². The van der Waals surface area contributed by atoms with Crippen molar-refractivity contribution in [2.24, 2.45) is 10.9 Å². The Bertz CT molecular complexity index is 982. The van der Waals surface area contributed by atoms with E-state index in [1.165, 1.54) is 27.0 Å². The number of methoxy groups -OCH3 is 2. The molecule has 0 bridgehead atoms. The highest BCUT2D eigenvalue weighted by molar-refractivity contribution is 5.97. The second-order valence-electron chi connectivity index (χ2n) is 8.14. The Balaban J connectivity index is 3.11. The lowest BCUT2D eigenvalue weighted by atomic mass is 9.84. The number of ether oxygens (including phenoxy) is 4. The summed E-state index contributed by atoms with van der Waals surface area (Å²) in [6, 6.07) is 6.55. The van der Waals surface area contributed by atoms with E-state index < -0.39 is 30.0 Å². The van der Waals surface area contributed by atoms with Gasteiger partial charge in [0.15, 0.2) is 11.5 Å². The number of aliphatic imine (C=N–C) groups is 1. The molecule has 1 aromatic carbocycles. The SMILES string of the molecule is C=N/C(C(=O)N[C@@H](C)C(=O)O[C@@H](C)[C@H](c1ccccc1OC)C(C)C)=C(OC(C)=O)\C(=C/C)OC. The molecule has 0 heterocycles. The number of carbonyl (C=O) groups excluding carboxylic acids is 3. The van der Waals surface area contributed by atoms with Crippen LogP contribution in [-0.4, -0.2) is 50.9 Å². The van der Waals surface area contributed by atoms with Gasteiger partial charge in [0.25, 0.3) is 5.91 Å². The van der Waals surface area contributed by atoms with Crippen molar-refractivity contribution in [3.05, 3.63) is 53.1 Å². The summed E-state index contributed by atoms with van der Waals surface area (Å²) in [7, 11) is 2.95. The van der Waals surface area contributed by atoms with Crippen LogP contribution in [0.5, 0.6) is 5.75 Å². The Morgan fingerprint density at radius 2 is 1.71 bits per heavy atom. The molecule has 0 saturated carbocycles. The van der Waals surface area contributed by atoms with Gasteiger partial charge in [0.05, 0.1) is 14.2 Å². The molecule has 0 fully saturated rings. The summed E-state index contributed by atoms with van der Waals surface area (Å²) >= 11 is 0. The van der Waals surface area contributed by atoms with E-state index in [1.807, 2.05) is 38.1 Å². The minimum Gasteiger partial charge on any atom is -0.496 e. The number of carbonyl (C=O) groups is 3. The number of esters is 2. The highest BCUT2D eigenvalue weighted by atomic mass is 16.6. The number of hydrogen-bond donors (Lipinski definition) is 1. The summed E-state index contributed by atoms with van der Waals surface area (Å²) in [5.74, 6) is -1.49. The van der Waals surface area contributed by atoms with Gasteiger partial charge in [-0.3, -0.25) is 14.6 Å². The third-order valence-electron chi connectivity index (χ3n) is 5.27. The van der Waals surface area contributed by atoms with Gasteiger partial charge in [-0.1, -0.05) is 32.0 Å². The zero-order chi connectivity index (χ0) is 26.7. The van der Waals surface area contributed by atoms with Crippen LogP contribution in [-0.2, 0) is 28.6 Å². The fraction of sp³-hybridized carbons (Fsp3) is 0.462. The topological polar surface area (TPSA) is 113 Å². The summed E-state index contributed by atoms with van der Waals surface area (Å²) in [6.07, 6.45) is 0.991. The quantitative estimate of drug-likeness (QED) is 0.156. The van der Waals surface area contributed by atoms with Crippen molar-refractivity contribution >= 4 is 24.6 Å². The van der Waals surface area contributed by atoms with Crippen molar-refractivity contribution < 1.29 is 33.3 Å². The highest BCUT2D eigenvalue weighted by Gasteiger charge is 2.31. The second-order valence-corrected chi connectivity index (χ2v) is 8.14. The molecule has 35 heavy (non-hydrogen) atoms. The highest BCUT2D eigenvalue weighted by Crippen LogP contribution is 2.35. The monoisotopic (exact) mass is 488 g/mol. The number of hydrogen-bond acceptors (Lipinski definition) is 8. The van der Waals surface area contributed by atoms with Crippen LogP contribution in [0.15, 0.2) is 52.5 Å². The average Bonchev–Trinajstić information content (AvgIpc) is 2.79. The van der Waals surface area contributed by atoms with E-state index in [9.17, 15) is 14.4 Å². The molecule has 0 aliphatic rings. The van der Waals surface area contributed by atoms with Gasteiger partial charge < -0.3 is 24.3 Å². The number of nitrogens with zero attached hydrogens (tertiary/aromatic N) is 1. The third kappa shape index (κ3) is 7.98. The first-order valence-corrected chi connectivity index (χ1v) is 11.3. The third-order valence-corrected chi connectivity index (χ3v) is 5.27. The number of allylic oxidation sites excluding steroid dienone is 1. The predicted octanol–water partition coefficient (Wildman–Crippen LogP) is 3.90. The number of nitrogens with one attached hydrogen (secondary N) is 1. The first kappa shape index (κ1) is 29.4. The Morgan fingerprint density at radius 1 is 1.09 bits per heavy atom. The standard InChI is InChI=1S/C26H36N2O7/c1-10-20(32-8)24(35-18(6)29)23(27-7)25(30)28-16(4)26(31)34-17(5)22(15(2)3)19-13-11-12-14-21(19)33-9/h10-17,22H,7H2,1-6,8-9H3,(H,28,30)/b20-10+,24-23+/t16-,17-,22+/m0/s1. The molecule has 1 N–H and O–H groups in total. The van der Waals surface area contributed by atoms with Crippen LogP contribution >= 0.6 is 0 Å².